The molecule has 2 aromatic rings. The smallest absolute Gasteiger partial charge is 0.261 e. The van der Waals surface area contributed by atoms with Crippen molar-refractivity contribution >= 4 is 18.7 Å². The van der Waals surface area contributed by atoms with E-state index in [9.17, 15) is 10.2 Å². The van der Waals surface area contributed by atoms with Crippen LogP contribution in [-0.2, 0) is 13.9 Å². The second-order valence-corrected chi connectivity index (χ2v) is 13.7. The zero-order chi connectivity index (χ0) is 22.0. The number of hydrogen-bond donors (Lipinski definition) is 2. The molecular formula is C24H34O5Si. The Morgan fingerprint density at radius 3 is 1.90 bits per heavy atom. The summed E-state index contributed by atoms with van der Waals surface area (Å²) in [6.07, 6.45) is -2.16. The summed E-state index contributed by atoms with van der Waals surface area (Å²) in [4.78, 5) is 0. The fourth-order valence-corrected chi connectivity index (χ4v) is 8.97. The first-order valence-electron chi connectivity index (χ1n) is 10.5. The molecule has 6 heteroatoms. The Morgan fingerprint density at radius 2 is 1.47 bits per heavy atom. The third-order valence-corrected chi connectivity index (χ3v) is 10.7. The molecule has 3 rings (SSSR count). The van der Waals surface area contributed by atoms with E-state index in [4.69, 9.17) is 13.9 Å². The lowest BCUT2D eigenvalue weighted by molar-refractivity contribution is -0.158. The Labute approximate surface area is 180 Å². The van der Waals surface area contributed by atoms with Crippen molar-refractivity contribution in [3.05, 3.63) is 60.7 Å². The van der Waals surface area contributed by atoms with Crippen molar-refractivity contribution in [1.82, 2.24) is 0 Å². The molecule has 1 fully saturated rings. The normalized spacial score (nSPS) is 22.8. The van der Waals surface area contributed by atoms with Crippen molar-refractivity contribution in [1.29, 1.82) is 0 Å². The van der Waals surface area contributed by atoms with Crippen LogP contribution in [0.2, 0.25) is 5.04 Å². The lowest BCUT2D eigenvalue weighted by Gasteiger charge is -2.43. The van der Waals surface area contributed by atoms with Gasteiger partial charge in [-0.05, 0) is 29.3 Å². The Morgan fingerprint density at radius 1 is 0.967 bits per heavy atom. The first-order valence-corrected chi connectivity index (χ1v) is 12.4. The second kappa shape index (κ2) is 8.90. The molecule has 0 amide bonds. The fraction of sp³-hybridized carbons (Fsp3) is 0.500. The quantitative estimate of drug-likeness (QED) is 0.661. The molecule has 5 nitrogen and oxygen atoms in total. The van der Waals surface area contributed by atoms with Gasteiger partial charge in [-0.3, -0.25) is 0 Å². The molecule has 2 N–H and O–H groups in total. The Bertz CT molecular complexity index is 764. The molecule has 0 bridgehead atoms. The van der Waals surface area contributed by atoms with Crippen LogP contribution in [0, 0.1) is 0 Å². The van der Waals surface area contributed by atoms with Gasteiger partial charge >= 0.3 is 0 Å². The van der Waals surface area contributed by atoms with E-state index in [-0.39, 0.29) is 18.3 Å². The number of benzene rings is 2. The van der Waals surface area contributed by atoms with Crippen LogP contribution in [-0.4, -0.2) is 55.8 Å². The van der Waals surface area contributed by atoms with Gasteiger partial charge in [-0.25, -0.2) is 0 Å². The summed E-state index contributed by atoms with van der Waals surface area (Å²) in [6.45, 7) is 10.0. The molecule has 2 aromatic carbocycles. The number of ether oxygens (including phenoxy) is 2. The summed E-state index contributed by atoms with van der Waals surface area (Å²) in [5.41, 5.74) is 0. The van der Waals surface area contributed by atoms with Gasteiger partial charge < -0.3 is 24.1 Å². The largest absolute Gasteiger partial charge is 0.405 e. The minimum Gasteiger partial charge on any atom is -0.405 e. The first-order chi connectivity index (χ1) is 14.1. The lowest BCUT2D eigenvalue weighted by atomic mass is 10.1. The minimum atomic E-state index is -2.75. The highest BCUT2D eigenvalue weighted by Gasteiger charge is 2.51. The maximum Gasteiger partial charge on any atom is 0.261 e. The van der Waals surface area contributed by atoms with Crippen LogP contribution in [0.3, 0.4) is 0 Å². The topological polar surface area (TPSA) is 68.2 Å². The predicted molar refractivity (Wildman–Crippen MR) is 120 cm³/mol. The van der Waals surface area contributed by atoms with E-state index in [0.29, 0.717) is 0 Å². The van der Waals surface area contributed by atoms with Crippen molar-refractivity contribution in [2.75, 3.05) is 13.2 Å². The molecule has 0 saturated carbocycles. The average Bonchev–Trinajstić information content (AvgIpc) is 3.04. The third kappa shape index (κ3) is 4.54. The van der Waals surface area contributed by atoms with Crippen LogP contribution >= 0.6 is 0 Å². The highest BCUT2D eigenvalue weighted by Crippen LogP contribution is 2.37. The fourth-order valence-electron chi connectivity index (χ4n) is 4.40. The van der Waals surface area contributed by atoms with Crippen LogP contribution in [0.5, 0.6) is 0 Å². The first kappa shape index (κ1) is 23.1. The number of aliphatic hydroxyl groups excluding tert-OH is 2. The predicted octanol–water partition coefficient (Wildman–Crippen LogP) is 2.44. The number of rotatable bonds is 7. The summed E-state index contributed by atoms with van der Waals surface area (Å²) in [6, 6.07) is 20.6. The average molecular weight is 431 g/mol. The minimum absolute atomic E-state index is 0.0912. The van der Waals surface area contributed by atoms with Gasteiger partial charge in [0, 0.05) is 0 Å². The van der Waals surface area contributed by atoms with Crippen LogP contribution in [0.25, 0.3) is 0 Å². The van der Waals surface area contributed by atoms with Gasteiger partial charge in [0.05, 0.1) is 13.2 Å². The van der Waals surface area contributed by atoms with Gasteiger partial charge in [0.25, 0.3) is 8.32 Å². The van der Waals surface area contributed by atoms with Crippen LogP contribution in [0.15, 0.2) is 60.7 Å². The molecule has 0 spiro atoms. The molecule has 0 aliphatic carbocycles. The highest BCUT2D eigenvalue weighted by molar-refractivity contribution is 6.99. The lowest BCUT2D eigenvalue weighted by Crippen LogP contribution is -2.67. The molecule has 0 aromatic heterocycles. The molecule has 1 heterocycles. The van der Waals surface area contributed by atoms with E-state index in [1.165, 1.54) is 0 Å². The second-order valence-electron chi connectivity index (χ2n) is 9.36. The van der Waals surface area contributed by atoms with Crippen molar-refractivity contribution in [2.45, 2.75) is 63.8 Å². The van der Waals surface area contributed by atoms with Crippen molar-refractivity contribution in [3.63, 3.8) is 0 Å². The maximum absolute atomic E-state index is 11.0. The molecule has 1 aliphatic rings. The maximum atomic E-state index is 11.0. The summed E-state index contributed by atoms with van der Waals surface area (Å²) < 4.78 is 18.4. The van der Waals surface area contributed by atoms with E-state index in [0.717, 1.165) is 10.4 Å². The third-order valence-electron chi connectivity index (χ3n) is 5.67. The molecule has 0 radical (unpaired) electrons. The molecular weight excluding hydrogens is 396 g/mol. The van der Waals surface area contributed by atoms with Crippen molar-refractivity contribution < 1.29 is 24.1 Å². The molecule has 2 unspecified atom stereocenters. The van der Waals surface area contributed by atoms with Crippen LogP contribution in [0.4, 0.5) is 0 Å². The monoisotopic (exact) mass is 430 g/mol. The van der Waals surface area contributed by atoms with Crippen molar-refractivity contribution in [3.8, 4) is 0 Å². The molecule has 30 heavy (non-hydrogen) atoms. The van der Waals surface area contributed by atoms with E-state index in [1.807, 2.05) is 36.4 Å². The summed E-state index contributed by atoms with van der Waals surface area (Å²) in [5.74, 6) is -0.851. The SMILES string of the molecule is CC1(C)OC(CO)[C@@H](C(O)CO[Si](c2ccccc2)(c2ccccc2)C(C)(C)C)O1. The summed E-state index contributed by atoms with van der Waals surface area (Å²) in [5, 5.41) is 22.8. The Balaban J connectivity index is 1.96. The van der Waals surface area contributed by atoms with Gasteiger partial charge in [0.2, 0.25) is 0 Å². The van der Waals surface area contributed by atoms with E-state index >= 15 is 0 Å². The highest BCUT2D eigenvalue weighted by atomic mass is 28.4. The van der Waals surface area contributed by atoms with Gasteiger partial charge in [0.1, 0.15) is 18.3 Å². The van der Waals surface area contributed by atoms with Crippen LogP contribution < -0.4 is 10.4 Å². The van der Waals surface area contributed by atoms with Gasteiger partial charge in [-0.15, -0.1) is 0 Å². The van der Waals surface area contributed by atoms with Gasteiger partial charge in [-0.2, -0.15) is 0 Å². The standard InChI is InChI=1S/C24H34O5Si/c1-23(2,3)30(18-12-8-6-9-13-18,19-14-10-7-11-15-19)27-17-20(26)22-21(16-25)28-24(4,5)29-22/h6-15,20-22,25-26H,16-17H2,1-5H3/t20?,21?,22-/m1/s1. The summed E-state index contributed by atoms with van der Waals surface area (Å²) in [7, 11) is -2.75. The Hall–Kier alpha value is -1.54. The summed E-state index contributed by atoms with van der Waals surface area (Å²) >= 11 is 0. The molecule has 164 valence electrons. The zero-order valence-corrected chi connectivity index (χ0v) is 19.5. The number of aliphatic hydroxyl groups is 2. The van der Waals surface area contributed by atoms with Gasteiger partial charge in [-0.1, -0.05) is 81.4 Å². The molecule has 1 aliphatic heterocycles. The Kier molecular flexibility index (Phi) is 6.86. The van der Waals surface area contributed by atoms with E-state index in [1.54, 1.807) is 13.8 Å². The van der Waals surface area contributed by atoms with Crippen molar-refractivity contribution in [2.24, 2.45) is 0 Å². The molecule has 1 saturated heterocycles. The van der Waals surface area contributed by atoms with E-state index in [2.05, 4.69) is 45.0 Å². The van der Waals surface area contributed by atoms with Gasteiger partial charge in [0.15, 0.2) is 5.79 Å². The zero-order valence-electron chi connectivity index (χ0n) is 18.5. The molecule has 3 atom stereocenters. The number of hydrogen-bond acceptors (Lipinski definition) is 5. The van der Waals surface area contributed by atoms with E-state index < -0.39 is 32.4 Å². The van der Waals surface area contributed by atoms with Crippen LogP contribution in [0.1, 0.15) is 34.6 Å².